The molecule has 2 unspecified atom stereocenters. The second-order valence-electron chi connectivity index (χ2n) is 4.17. The van der Waals surface area contributed by atoms with Crippen LogP contribution >= 0.6 is 0 Å². The molecule has 1 aliphatic heterocycles. The van der Waals surface area contributed by atoms with Crippen molar-refractivity contribution in [3.63, 3.8) is 0 Å². The molecule has 2 rings (SSSR count). The lowest BCUT2D eigenvalue weighted by molar-refractivity contribution is -0.138. The normalized spacial score (nSPS) is 30.9. The minimum Gasteiger partial charge on any atom is -0.481 e. The van der Waals surface area contributed by atoms with Gasteiger partial charge in [-0.15, -0.1) is 0 Å². The third-order valence-corrected chi connectivity index (χ3v) is 3.21. The van der Waals surface area contributed by atoms with E-state index in [0.29, 0.717) is 5.92 Å². The van der Waals surface area contributed by atoms with Crippen LogP contribution in [-0.2, 0) is 4.79 Å². The maximum Gasteiger partial charge on any atom is 0.305 e. The standard InChI is InChI=1S/C11H16N2O2/c12-13-6-5-8-3-1-2-4-9(8)10(13)7-11(14)15/h1-2,4,8,10H,3,5-7,12H2,(H,14,15). The highest BCUT2D eigenvalue weighted by atomic mass is 16.4. The third-order valence-electron chi connectivity index (χ3n) is 3.21. The molecule has 0 aromatic carbocycles. The van der Waals surface area contributed by atoms with E-state index in [0.717, 1.165) is 19.4 Å². The summed E-state index contributed by atoms with van der Waals surface area (Å²) in [5, 5.41) is 10.5. The molecule has 0 aromatic heterocycles. The third kappa shape index (κ3) is 2.11. The highest BCUT2D eigenvalue weighted by Gasteiger charge is 2.32. The number of carboxylic acids is 1. The second-order valence-corrected chi connectivity index (χ2v) is 4.17. The van der Waals surface area contributed by atoms with Gasteiger partial charge in [0.25, 0.3) is 0 Å². The van der Waals surface area contributed by atoms with Gasteiger partial charge in [-0.05, 0) is 24.3 Å². The zero-order chi connectivity index (χ0) is 10.8. The van der Waals surface area contributed by atoms with Crippen molar-refractivity contribution in [1.29, 1.82) is 0 Å². The van der Waals surface area contributed by atoms with E-state index >= 15 is 0 Å². The second kappa shape index (κ2) is 4.16. The number of piperidine rings is 1. The Labute approximate surface area is 89.0 Å². The Morgan fingerprint density at radius 2 is 2.47 bits per heavy atom. The van der Waals surface area contributed by atoms with Gasteiger partial charge in [0, 0.05) is 6.54 Å². The average Bonchev–Trinajstić information content (AvgIpc) is 2.22. The van der Waals surface area contributed by atoms with E-state index in [1.165, 1.54) is 5.57 Å². The Hall–Kier alpha value is -1.13. The summed E-state index contributed by atoms with van der Waals surface area (Å²) in [5.74, 6) is 5.55. The van der Waals surface area contributed by atoms with Gasteiger partial charge in [0.1, 0.15) is 0 Å². The van der Waals surface area contributed by atoms with Crippen LogP contribution in [0.4, 0.5) is 0 Å². The number of nitrogens with zero attached hydrogens (tertiary/aromatic N) is 1. The Morgan fingerprint density at radius 1 is 1.67 bits per heavy atom. The number of hydrazine groups is 1. The van der Waals surface area contributed by atoms with E-state index in [1.807, 2.05) is 12.2 Å². The summed E-state index contributed by atoms with van der Waals surface area (Å²) in [6.07, 6.45) is 8.32. The van der Waals surface area contributed by atoms with Gasteiger partial charge in [-0.2, -0.15) is 0 Å². The number of allylic oxidation sites excluding steroid dienone is 3. The van der Waals surface area contributed by atoms with Crippen molar-refractivity contribution >= 4 is 5.97 Å². The Balaban J connectivity index is 2.19. The fraction of sp³-hybridized carbons (Fsp3) is 0.545. The highest BCUT2D eigenvalue weighted by Crippen LogP contribution is 2.33. The molecule has 1 heterocycles. The summed E-state index contributed by atoms with van der Waals surface area (Å²) in [5.41, 5.74) is 1.19. The van der Waals surface area contributed by atoms with E-state index in [2.05, 4.69) is 6.08 Å². The van der Waals surface area contributed by atoms with Crippen molar-refractivity contribution in [3.05, 3.63) is 23.8 Å². The van der Waals surface area contributed by atoms with Gasteiger partial charge >= 0.3 is 5.97 Å². The largest absolute Gasteiger partial charge is 0.481 e. The predicted molar refractivity (Wildman–Crippen MR) is 56.9 cm³/mol. The van der Waals surface area contributed by atoms with Crippen molar-refractivity contribution in [3.8, 4) is 0 Å². The minimum absolute atomic E-state index is 0.104. The average molecular weight is 208 g/mol. The van der Waals surface area contributed by atoms with Crippen LogP contribution in [0.25, 0.3) is 0 Å². The van der Waals surface area contributed by atoms with Crippen LogP contribution in [0.5, 0.6) is 0 Å². The number of nitrogens with two attached hydrogens (primary N) is 1. The molecule has 15 heavy (non-hydrogen) atoms. The first-order valence-electron chi connectivity index (χ1n) is 5.28. The zero-order valence-corrected chi connectivity index (χ0v) is 8.60. The van der Waals surface area contributed by atoms with Crippen LogP contribution in [0.1, 0.15) is 19.3 Å². The van der Waals surface area contributed by atoms with Crippen molar-refractivity contribution < 1.29 is 9.90 Å². The van der Waals surface area contributed by atoms with Crippen LogP contribution in [-0.4, -0.2) is 28.7 Å². The number of rotatable bonds is 2. The maximum absolute atomic E-state index is 10.8. The summed E-state index contributed by atoms with van der Waals surface area (Å²) in [4.78, 5) is 10.8. The molecule has 0 saturated carbocycles. The molecule has 1 fully saturated rings. The monoisotopic (exact) mass is 208 g/mol. The number of aliphatic carboxylic acids is 1. The van der Waals surface area contributed by atoms with Crippen molar-refractivity contribution in [2.45, 2.75) is 25.3 Å². The van der Waals surface area contributed by atoms with Crippen LogP contribution in [0, 0.1) is 5.92 Å². The highest BCUT2D eigenvalue weighted by molar-refractivity contribution is 5.68. The molecular weight excluding hydrogens is 192 g/mol. The topological polar surface area (TPSA) is 66.6 Å². The first-order valence-corrected chi connectivity index (χ1v) is 5.28. The van der Waals surface area contributed by atoms with Crippen molar-refractivity contribution in [2.24, 2.45) is 11.8 Å². The minimum atomic E-state index is -0.786. The van der Waals surface area contributed by atoms with Gasteiger partial charge in [0.15, 0.2) is 0 Å². The van der Waals surface area contributed by atoms with E-state index in [9.17, 15) is 4.79 Å². The molecule has 2 aliphatic rings. The number of hydrogen-bond donors (Lipinski definition) is 2. The molecular formula is C11H16N2O2. The van der Waals surface area contributed by atoms with E-state index in [4.69, 9.17) is 10.9 Å². The quantitative estimate of drug-likeness (QED) is 0.662. The van der Waals surface area contributed by atoms with Gasteiger partial charge in [0.2, 0.25) is 0 Å². The van der Waals surface area contributed by atoms with Gasteiger partial charge < -0.3 is 5.11 Å². The molecule has 1 saturated heterocycles. The molecule has 0 aromatic rings. The van der Waals surface area contributed by atoms with Crippen LogP contribution in [0.15, 0.2) is 23.8 Å². The summed E-state index contributed by atoms with van der Waals surface area (Å²) < 4.78 is 0. The van der Waals surface area contributed by atoms with Gasteiger partial charge in [0.05, 0.1) is 12.5 Å². The van der Waals surface area contributed by atoms with Crippen LogP contribution in [0.2, 0.25) is 0 Å². The first kappa shape index (κ1) is 10.4. The van der Waals surface area contributed by atoms with E-state index < -0.39 is 5.97 Å². The number of carbonyl (C=O) groups is 1. The lowest BCUT2D eigenvalue weighted by Gasteiger charge is -2.39. The smallest absolute Gasteiger partial charge is 0.305 e. The summed E-state index contributed by atoms with van der Waals surface area (Å²) >= 11 is 0. The van der Waals surface area contributed by atoms with E-state index in [1.54, 1.807) is 5.01 Å². The molecule has 3 N–H and O–H groups in total. The Morgan fingerprint density at radius 3 is 3.20 bits per heavy atom. The van der Waals surface area contributed by atoms with Gasteiger partial charge in [-0.3, -0.25) is 10.6 Å². The van der Waals surface area contributed by atoms with Crippen LogP contribution in [0.3, 0.4) is 0 Å². The fourth-order valence-electron chi connectivity index (χ4n) is 2.41. The molecule has 1 aliphatic carbocycles. The fourth-order valence-corrected chi connectivity index (χ4v) is 2.41. The molecule has 0 spiro atoms. The zero-order valence-electron chi connectivity index (χ0n) is 8.60. The van der Waals surface area contributed by atoms with Gasteiger partial charge in [-0.1, -0.05) is 18.2 Å². The van der Waals surface area contributed by atoms with Gasteiger partial charge in [-0.25, -0.2) is 5.01 Å². The molecule has 82 valence electrons. The number of fused-ring (bicyclic) bond motifs is 1. The number of hydrogen-bond acceptors (Lipinski definition) is 3. The molecule has 0 amide bonds. The summed E-state index contributed by atoms with van der Waals surface area (Å²) in [7, 11) is 0. The number of carboxylic acid groups (broad SMARTS) is 1. The maximum atomic E-state index is 10.8. The molecule has 0 bridgehead atoms. The summed E-state index contributed by atoms with van der Waals surface area (Å²) in [6.45, 7) is 0.786. The molecule has 4 heteroatoms. The van der Waals surface area contributed by atoms with Crippen LogP contribution < -0.4 is 5.84 Å². The summed E-state index contributed by atoms with van der Waals surface area (Å²) in [6, 6.07) is -0.119. The molecule has 0 radical (unpaired) electrons. The lowest BCUT2D eigenvalue weighted by atomic mass is 9.80. The first-order chi connectivity index (χ1) is 7.18. The Bertz CT molecular complexity index is 323. The predicted octanol–water partition coefficient (Wildman–Crippen LogP) is 0.912. The molecule has 2 atom stereocenters. The lowest BCUT2D eigenvalue weighted by Crippen LogP contribution is -2.49. The SMILES string of the molecule is NN1CCC2CC=CC=C2C1CC(=O)O. The van der Waals surface area contributed by atoms with Crippen molar-refractivity contribution in [2.75, 3.05) is 6.54 Å². The Kier molecular flexibility index (Phi) is 2.88. The van der Waals surface area contributed by atoms with Crippen molar-refractivity contribution in [1.82, 2.24) is 5.01 Å². The van der Waals surface area contributed by atoms with E-state index in [-0.39, 0.29) is 12.5 Å². The molecule has 4 nitrogen and oxygen atoms in total.